The van der Waals surface area contributed by atoms with E-state index in [1.165, 1.54) is 0 Å². The van der Waals surface area contributed by atoms with Gasteiger partial charge in [0.05, 0.1) is 34.3 Å². The predicted molar refractivity (Wildman–Crippen MR) is 83.9 cm³/mol. The van der Waals surface area contributed by atoms with E-state index < -0.39 is 0 Å². The van der Waals surface area contributed by atoms with Crippen LogP contribution in [0.3, 0.4) is 0 Å². The number of piperazine rings is 1. The number of nitrogens with zero attached hydrogens (tertiary/aromatic N) is 4. The predicted octanol–water partition coefficient (Wildman–Crippen LogP) is 2.43. The van der Waals surface area contributed by atoms with Gasteiger partial charge in [-0.25, -0.2) is 4.98 Å². The van der Waals surface area contributed by atoms with Gasteiger partial charge in [-0.15, -0.1) is 0 Å². The van der Waals surface area contributed by atoms with Gasteiger partial charge in [0.25, 0.3) is 0 Å². The molecule has 1 aliphatic heterocycles. The van der Waals surface area contributed by atoms with Crippen molar-refractivity contribution < 1.29 is 4.79 Å². The fraction of sp³-hybridized carbons (Fsp3) is 0.467. The smallest absolute Gasteiger partial charge is 0.220 e. The lowest BCUT2D eigenvalue weighted by Gasteiger charge is -2.47. The number of amides is 1. The van der Waals surface area contributed by atoms with E-state index in [2.05, 4.69) is 23.7 Å². The molecule has 2 aromatic heterocycles. The number of pyridine rings is 1. The SMILES string of the molecule is CC(=O)N1CCN(c2cc(Cl)cn3cncc23)CC1(C)C. The van der Waals surface area contributed by atoms with E-state index in [1.807, 2.05) is 27.8 Å². The van der Waals surface area contributed by atoms with Gasteiger partial charge < -0.3 is 14.2 Å². The number of hydrogen-bond donors (Lipinski definition) is 0. The maximum absolute atomic E-state index is 11.8. The molecule has 0 bridgehead atoms. The molecule has 112 valence electrons. The van der Waals surface area contributed by atoms with Crippen LogP contribution in [0.25, 0.3) is 5.52 Å². The summed E-state index contributed by atoms with van der Waals surface area (Å²) in [6.07, 6.45) is 5.45. The van der Waals surface area contributed by atoms with Crippen molar-refractivity contribution in [3.05, 3.63) is 29.8 Å². The van der Waals surface area contributed by atoms with Crippen molar-refractivity contribution in [1.29, 1.82) is 0 Å². The second-order valence-corrected chi connectivity index (χ2v) is 6.57. The first-order valence-corrected chi connectivity index (χ1v) is 7.41. The van der Waals surface area contributed by atoms with E-state index in [4.69, 9.17) is 11.6 Å². The molecular formula is C15H19ClN4O. The molecule has 0 atom stereocenters. The number of halogens is 1. The summed E-state index contributed by atoms with van der Waals surface area (Å²) in [6.45, 7) is 8.11. The van der Waals surface area contributed by atoms with E-state index in [9.17, 15) is 4.79 Å². The quantitative estimate of drug-likeness (QED) is 0.812. The zero-order valence-corrected chi connectivity index (χ0v) is 13.3. The van der Waals surface area contributed by atoms with Gasteiger partial charge >= 0.3 is 0 Å². The van der Waals surface area contributed by atoms with E-state index >= 15 is 0 Å². The Labute approximate surface area is 129 Å². The molecule has 1 amide bonds. The Morgan fingerprint density at radius 3 is 2.81 bits per heavy atom. The summed E-state index contributed by atoms with van der Waals surface area (Å²) in [4.78, 5) is 20.2. The number of anilines is 1. The van der Waals surface area contributed by atoms with Gasteiger partial charge in [0.2, 0.25) is 5.91 Å². The standard InChI is InChI=1S/C15H19ClN4O/c1-11(21)20-5-4-18(9-15(20,2)3)13-6-12(16)8-19-10-17-7-14(13)19/h6-8,10H,4-5,9H2,1-3H3. The second-order valence-electron chi connectivity index (χ2n) is 6.13. The van der Waals surface area contributed by atoms with Gasteiger partial charge in [0.1, 0.15) is 0 Å². The van der Waals surface area contributed by atoms with Crippen LogP contribution in [-0.4, -0.2) is 45.4 Å². The molecule has 3 rings (SSSR count). The Kier molecular flexibility index (Phi) is 3.32. The zero-order valence-electron chi connectivity index (χ0n) is 12.5. The van der Waals surface area contributed by atoms with E-state index in [1.54, 1.807) is 13.3 Å². The lowest BCUT2D eigenvalue weighted by molar-refractivity contribution is -0.134. The van der Waals surface area contributed by atoms with Crippen LogP contribution in [0.2, 0.25) is 5.02 Å². The largest absolute Gasteiger partial charge is 0.366 e. The zero-order chi connectivity index (χ0) is 15.2. The minimum absolute atomic E-state index is 0.125. The van der Waals surface area contributed by atoms with Gasteiger partial charge in [-0.3, -0.25) is 4.79 Å². The third-order valence-corrected chi connectivity index (χ3v) is 4.30. The lowest BCUT2D eigenvalue weighted by Crippen LogP contribution is -2.60. The number of carbonyl (C=O) groups is 1. The summed E-state index contributed by atoms with van der Waals surface area (Å²) in [5.74, 6) is 0.125. The molecular weight excluding hydrogens is 288 g/mol. The fourth-order valence-corrected chi connectivity index (χ4v) is 3.39. The molecule has 1 fully saturated rings. The highest BCUT2D eigenvalue weighted by Crippen LogP contribution is 2.30. The average molecular weight is 307 g/mol. The summed E-state index contributed by atoms with van der Waals surface area (Å²) < 4.78 is 1.93. The molecule has 2 aromatic rings. The maximum Gasteiger partial charge on any atom is 0.220 e. The first-order valence-electron chi connectivity index (χ1n) is 7.03. The lowest BCUT2D eigenvalue weighted by atomic mass is 9.98. The molecule has 0 radical (unpaired) electrons. The molecule has 0 N–H and O–H groups in total. The van der Waals surface area contributed by atoms with Crippen LogP contribution in [-0.2, 0) is 4.79 Å². The Balaban J connectivity index is 1.97. The summed E-state index contributed by atoms with van der Waals surface area (Å²) in [5.41, 5.74) is 1.89. The minimum Gasteiger partial charge on any atom is -0.366 e. The molecule has 21 heavy (non-hydrogen) atoms. The monoisotopic (exact) mass is 306 g/mol. The van der Waals surface area contributed by atoms with Gasteiger partial charge in [-0.05, 0) is 19.9 Å². The van der Waals surface area contributed by atoms with Crippen LogP contribution in [0.4, 0.5) is 5.69 Å². The second kappa shape index (κ2) is 4.91. The molecule has 0 saturated carbocycles. The third-order valence-electron chi connectivity index (χ3n) is 4.09. The Hall–Kier alpha value is -1.75. The number of imidazole rings is 1. The van der Waals surface area contributed by atoms with Crippen molar-refractivity contribution in [3.63, 3.8) is 0 Å². The number of fused-ring (bicyclic) bond motifs is 1. The molecule has 0 aliphatic carbocycles. The van der Waals surface area contributed by atoms with Crippen LogP contribution in [0, 0.1) is 0 Å². The summed E-state index contributed by atoms with van der Waals surface area (Å²) in [6, 6.07) is 1.97. The highest BCUT2D eigenvalue weighted by Gasteiger charge is 2.35. The van der Waals surface area contributed by atoms with Gasteiger partial charge in [0.15, 0.2) is 0 Å². The minimum atomic E-state index is -0.205. The first-order chi connectivity index (χ1) is 9.88. The summed E-state index contributed by atoms with van der Waals surface area (Å²) in [5, 5.41) is 0.683. The van der Waals surface area contributed by atoms with Crippen LogP contribution in [0.15, 0.2) is 24.8 Å². The third kappa shape index (κ3) is 2.46. The van der Waals surface area contributed by atoms with Crippen molar-refractivity contribution in [2.75, 3.05) is 24.5 Å². The van der Waals surface area contributed by atoms with Crippen LogP contribution in [0.5, 0.6) is 0 Å². The van der Waals surface area contributed by atoms with E-state index in [-0.39, 0.29) is 11.4 Å². The Morgan fingerprint density at radius 2 is 2.14 bits per heavy atom. The number of carbonyl (C=O) groups excluding carboxylic acids is 1. The number of aromatic nitrogens is 2. The Morgan fingerprint density at radius 1 is 1.38 bits per heavy atom. The normalized spacial score (nSPS) is 18.3. The molecule has 6 heteroatoms. The average Bonchev–Trinajstić information content (AvgIpc) is 2.83. The van der Waals surface area contributed by atoms with E-state index in [0.29, 0.717) is 5.02 Å². The van der Waals surface area contributed by atoms with Gasteiger partial charge in [-0.1, -0.05) is 11.6 Å². The molecule has 0 unspecified atom stereocenters. The van der Waals surface area contributed by atoms with Crippen molar-refractivity contribution in [2.24, 2.45) is 0 Å². The molecule has 0 spiro atoms. The van der Waals surface area contributed by atoms with Crippen LogP contribution in [0.1, 0.15) is 20.8 Å². The first kappa shape index (κ1) is 14.2. The van der Waals surface area contributed by atoms with E-state index in [0.717, 1.165) is 30.8 Å². The summed E-state index contributed by atoms with van der Waals surface area (Å²) in [7, 11) is 0. The molecule has 5 nitrogen and oxygen atoms in total. The van der Waals surface area contributed by atoms with Crippen LogP contribution < -0.4 is 4.90 Å². The van der Waals surface area contributed by atoms with Crippen molar-refractivity contribution >= 4 is 28.7 Å². The van der Waals surface area contributed by atoms with Crippen LogP contribution >= 0.6 is 11.6 Å². The highest BCUT2D eigenvalue weighted by molar-refractivity contribution is 6.30. The fourth-order valence-electron chi connectivity index (χ4n) is 3.18. The number of hydrogen-bond acceptors (Lipinski definition) is 3. The van der Waals surface area contributed by atoms with Gasteiger partial charge in [-0.2, -0.15) is 0 Å². The molecule has 0 aromatic carbocycles. The topological polar surface area (TPSA) is 40.9 Å². The number of rotatable bonds is 1. The van der Waals surface area contributed by atoms with Crippen molar-refractivity contribution in [1.82, 2.24) is 14.3 Å². The Bertz CT molecular complexity index is 694. The highest BCUT2D eigenvalue weighted by atomic mass is 35.5. The molecule has 1 saturated heterocycles. The maximum atomic E-state index is 11.8. The van der Waals surface area contributed by atoms with Crippen molar-refractivity contribution in [3.8, 4) is 0 Å². The van der Waals surface area contributed by atoms with Gasteiger partial charge in [0, 0.05) is 32.8 Å². The molecule has 1 aliphatic rings. The molecule has 3 heterocycles. The summed E-state index contributed by atoms with van der Waals surface area (Å²) >= 11 is 6.21. The van der Waals surface area contributed by atoms with Crippen molar-refractivity contribution in [2.45, 2.75) is 26.3 Å².